The predicted octanol–water partition coefficient (Wildman–Crippen LogP) is 1.10. The average molecular weight is 318 g/mol. The van der Waals surface area contributed by atoms with Crippen LogP contribution in [0.2, 0.25) is 0 Å². The molecule has 6 heteroatoms. The number of para-hydroxylation sites is 1. The molecule has 1 aromatic carbocycles. The van der Waals surface area contributed by atoms with Crippen LogP contribution in [0, 0.1) is 5.92 Å². The summed E-state index contributed by atoms with van der Waals surface area (Å²) in [5.74, 6) is 2.09. The van der Waals surface area contributed by atoms with Gasteiger partial charge in [0.15, 0.2) is 5.96 Å². The fourth-order valence-electron chi connectivity index (χ4n) is 2.16. The Hall–Kier alpha value is -2.24. The molecule has 0 aliphatic heterocycles. The molecule has 1 aliphatic rings. The van der Waals surface area contributed by atoms with Gasteiger partial charge >= 0.3 is 0 Å². The number of nitrogens with zero attached hydrogens (tertiary/aromatic N) is 2. The Balaban J connectivity index is 1.60. The number of carbonyl (C=O) groups excluding carboxylic acids is 1. The number of hydrogen-bond donors (Lipinski definition) is 2. The predicted molar refractivity (Wildman–Crippen MR) is 91.7 cm³/mol. The van der Waals surface area contributed by atoms with Crippen LogP contribution in [-0.2, 0) is 4.79 Å². The second kappa shape index (κ2) is 9.02. The molecule has 1 saturated carbocycles. The van der Waals surface area contributed by atoms with E-state index in [-0.39, 0.29) is 11.8 Å². The fourth-order valence-corrected chi connectivity index (χ4v) is 2.16. The molecule has 0 atom stereocenters. The minimum Gasteiger partial charge on any atom is -0.492 e. The van der Waals surface area contributed by atoms with Gasteiger partial charge in [0.2, 0.25) is 5.91 Å². The van der Waals surface area contributed by atoms with Gasteiger partial charge < -0.3 is 20.3 Å². The number of guanidine groups is 1. The highest BCUT2D eigenvalue weighted by atomic mass is 16.5. The molecule has 23 heavy (non-hydrogen) atoms. The van der Waals surface area contributed by atoms with Gasteiger partial charge in [-0.25, -0.2) is 0 Å². The lowest BCUT2D eigenvalue weighted by molar-refractivity contribution is -0.122. The van der Waals surface area contributed by atoms with Crippen LogP contribution in [-0.4, -0.2) is 57.1 Å². The van der Waals surface area contributed by atoms with E-state index in [0.717, 1.165) is 31.1 Å². The van der Waals surface area contributed by atoms with Crippen LogP contribution in [0.15, 0.2) is 35.3 Å². The van der Waals surface area contributed by atoms with E-state index >= 15 is 0 Å². The van der Waals surface area contributed by atoms with E-state index in [4.69, 9.17) is 4.74 Å². The lowest BCUT2D eigenvalue weighted by Crippen LogP contribution is -2.43. The molecule has 6 nitrogen and oxygen atoms in total. The number of benzene rings is 1. The molecule has 0 aromatic heterocycles. The van der Waals surface area contributed by atoms with Gasteiger partial charge in [0.05, 0.1) is 6.54 Å². The van der Waals surface area contributed by atoms with E-state index in [0.29, 0.717) is 19.7 Å². The summed E-state index contributed by atoms with van der Waals surface area (Å²) in [5.41, 5.74) is 0. The Morgan fingerprint density at radius 2 is 1.96 bits per heavy atom. The lowest BCUT2D eigenvalue weighted by Gasteiger charge is -2.22. The quantitative estimate of drug-likeness (QED) is 0.428. The average Bonchev–Trinajstić information content (AvgIpc) is 3.40. The molecule has 0 bridgehead atoms. The largest absolute Gasteiger partial charge is 0.492 e. The van der Waals surface area contributed by atoms with Crippen molar-refractivity contribution < 1.29 is 9.53 Å². The van der Waals surface area contributed by atoms with Crippen molar-refractivity contribution in [3.63, 3.8) is 0 Å². The number of amides is 1. The van der Waals surface area contributed by atoms with Gasteiger partial charge in [-0.1, -0.05) is 18.2 Å². The molecular formula is C17H26N4O2. The van der Waals surface area contributed by atoms with Crippen molar-refractivity contribution >= 4 is 11.9 Å². The van der Waals surface area contributed by atoms with Crippen molar-refractivity contribution in [2.24, 2.45) is 10.9 Å². The first-order chi connectivity index (χ1) is 11.2. The Labute approximate surface area is 137 Å². The SMILES string of the molecule is CN=C(NCCNC(=O)C1CC1)N(C)CCOc1ccccc1. The summed E-state index contributed by atoms with van der Waals surface area (Å²) in [5, 5.41) is 6.17. The van der Waals surface area contributed by atoms with Gasteiger partial charge in [0.1, 0.15) is 12.4 Å². The van der Waals surface area contributed by atoms with Crippen LogP contribution in [0.3, 0.4) is 0 Å². The Bertz CT molecular complexity index is 515. The summed E-state index contributed by atoms with van der Waals surface area (Å²) in [6.45, 7) is 2.58. The van der Waals surface area contributed by atoms with Gasteiger partial charge in [-0.3, -0.25) is 9.79 Å². The Kier molecular flexibility index (Phi) is 6.72. The number of carbonyl (C=O) groups is 1. The van der Waals surface area contributed by atoms with Gasteiger partial charge in [-0.15, -0.1) is 0 Å². The second-order valence-corrected chi connectivity index (χ2v) is 5.62. The van der Waals surface area contributed by atoms with E-state index < -0.39 is 0 Å². The summed E-state index contributed by atoms with van der Waals surface area (Å²) in [4.78, 5) is 17.8. The Morgan fingerprint density at radius 1 is 1.26 bits per heavy atom. The normalized spacial score (nSPS) is 14.3. The third-order valence-electron chi connectivity index (χ3n) is 3.67. The standard InChI is InChI=1S/C17H26N4O2/c1-18-17(20-11-10-19-16(22)14-8-9-14)21(2)12-13-23-15-6-4-3-5-7-15/h3-7,14H,8-13H2,1-2H3,(H,18,20)(H,19,22). The van der Waals surface area contributed by atoms with Gasteiger partial charge in [0, 0.05) is 33.1 Å². The zero-order valence-electron chi connectivity index (χ0n) is 13.9. The molecule has 1 aromatic rings. The van der Waals surface area contributed by atoms with E-state index in [2.05, 4.69) is 15.6 Å². The van der Waals surface area contributed by atoms with Gasteiger partial charge in [-0.05, 0) is 25.0 Å². The number of ether oxygens (including phenoxy) is 1. The highest BCUT2D eigenvalue weighted by Crippen LogP contribution is 2.28. The maximum absolute atomic E-state index is 11.5. The number of likely N-dealkylation sites (N-methyl/N-ethyl adjacent to an activating group) is 1. The maximum atomic E-state index is 11.5. The summed E-state index contributed by atoms with van der Waals surface area (Å²) >= 11 is 0. The van der Waals surface area contributed by atoms with Crippen molar-refractivity contribution in [1.29, 1.82) is 0 Å². The molecular weight excluding hydrogens is 292 g/mol. The highest BCUT2D eigenvalue weighted by molar-refractivity contribution is 5.81. The number of nitrogens with one attached hydrogen (secondary N) is 2. The van der Waals surface area contributed by atoms with Crippen LogP contribution in [0.4, 0.5) is 0 Å². The second-order valence-electron chi connectivity index (χ2n) is 5.62. The number of rotatable bonds is 8. The topological polar surface area (TPSA) is 66.0 Å². The van der Waals surface area contributed by atoms with Gasteiger partial charge in [-0.2, -0.15) is 0 Å². The first-order valence-electron chi connectivity index (χ1n) is 8.08. The molecule has 2 rings (SSSR count). The first-order valence-corrected chi connectivity index (χ1v) is 8.08. The third-order valence-corrected chi connectivity index (χ3v) is 3.67. The van der Waals surface area contributed by atoms with Crippen molar-refractivity contribution in [3.8, 4) is 5.75 Å². The Morgan fingerprint density at radius 3 is 2.61 bits per heavy atom. The van der Waals surface area contributed by atoms with E-state index in [9.17, 15) is 4.79 Å². The summed E-state index contributed by atoms with van der Waals surface area (Å²) < 4.78 is 5.68. The van der Waals surface area contributed by atoms with Crippen molar-refractivity contribution in [3.05, 3.63) is 30.3 Å². The van der Waals surface area contributed by atoms with E-state index in [1.54, 1.807) is 7.05 Å². The zero-order chi connectivity index (χ0) is 16.5. The molecule has 1 amide bonds. The summed E-state index contributed by atoms with van der Waals surface area (Å²) in [7, 11) is 3.71. The lowest BCUT2D eigenvalue weighted by atomic mass is 10.3. The van der Waals surface area contributed by atoms with Crippen molar-refractivity contribution in [2.45, 2.75) is 12.8 Å². The molecule has 0 unspecified atom stereocenters. The van der Waals surface area contributed by atoms with Gasteiger partial charge in [0.25, 0.3) is 0 Å². The highest BCUT2D eigenvalue weighted by Gasteiger charge is 2.28. The van der Waals surface area contributed by atoms with Crippen LogP contribution in [0.25, 0.3) is 0 Å². The zero-order valence-corrected chi connectivity index (χ0v) is 13.9. The molecule has 0 heterocycles. The number of hydrogen-bond acceptors (Lipinski definition) is 3. The molecule has 2 N–H and O–H groups in total. The molecule has 0 saturated heterocycles. The first kappa shape index (κ1) is 17.1. The summed E-state index contributed by atoms with van der Waals surface area (Å²) in [6.07, 6.45) is 2.07. The van der Waals surface area contributed by atoms with Crippen molar-refractivity contribution in [1.82, 2.24) is 15.5 Å². The van der Waals surface area contributed by atoms with Crippen LogP contribution >= 0.6 is 0 Å². The van der Waals surface area contributed by atoms with E-state index in [1.807, 2.05) is 42.3 Å². The molecule has 1 aliphatic carbocycles. The number of aliphatic imine (C=N–C) groups is 1. The maximum Gasteiger partial charge on any atom is 0.223 e. The van der Waals surface area contributed by atoms with Crippen LogP contribution in [0.1, 0.15) is 12.8 Å². The molecule has 126 valence electrons. The van der Waals surface area contributed by atoms with Crippen molar-refractivity contribution in [2.75, 3.05) is 40.3 Å². The third kappa shape index (κ3) is 6.18. The minimum absolute atomic E-state index is 0.173. The molecule has 0 spiro atoms. The van der Waals surface area contributed by atoms with Crippen LogP contribution < -0.4 is 15.4 Å². The molecule has 1 fully saturated rings. The fraction of sp³-hybridized carbons (Fsp3) is 0.529. The monoisotopic (exact) mass is 318 g/mol. The summed E-state index contributed by atoms with van der Waals surface area (Å²) in [6, 6.07) is 9.75. The van der Waals surface area contributed by atoms with Crippen LogP contribution in [0.5, 0.6) is 5.75 Å². The smallest absolute Gasteiger partial charge is 0.223 e. The minimum atomic E-state index is 0.173. The van der Waals surface area contributed by atoms with E-state index in [1.165, 1.54) is 0 Å². The molecule has 0 radical (unpaired) electrons.